The van der Waals surface area contributed by atoms with Crippen LogP contribution < -0.4 is 5.32 Å². The quantitative estimate of drug-likeness (QED) is 0.543. The number of carbonyl (C=O) groups is 2. The molecule has 2 aromatic rings. The lowest BCUT2D eigenvalue weighted by molar-refractivity contribution is -0.138. The molecule has 2 aromatic carbocycles. The van der Waals surface area contributed by atoms with Crippen LogP contribution in [0.25, 0.3) is 0 Å². The molecule has 2 amide bonds. The first-order chi connectivity index (χ1) is 15.5. The first-order valence-corrected chi connectivity index (χ1v) is 13.0. The van der Waals surface area contributed by atoms with Gasteiger partial charge >= 0.3 is 0 Å². The Morgan fingerprint density at radius 2 is 1.69 bits per heavy atom. The van der Waals surface area contributed by atoms with E-state index in [2.05, 4.69) is 48.6 Å². The maximum absolute atomic E-state index is 13.2. The first kappa shape index (κ1) is 24.4. The van der Waals surface area contributed by atoms with Crippen molar-refractivity contribution in [3.63, 3.8) is 0 Å². The maximum atomic E-state index is 13.2. The fourth-order valence-corrected chi connectivity index (χ4v) is 5.03. The van der Waals surface area contributed by atoms with Gasteiger partial charge in [0, 0.05) is 18.3 Å². The molecule has 0 spiro atoms. The summed E-state index contributed by atoms with van der Waals surface area (Å²) in [7, 11) is 0. The Morgan fingerprint density at radius 3 is 2.38 bits per heavy atom. The highest BCUT2D eigenvalue weighted by atomic mass is 32.2. The number of hydrogen-bond donors (Lipinski definition) is 1. The topological polar surface area (TPSA) is 49.4 Å². The molecular weight excluding hydrogens is 416 g/mol. The zero-order chi connectivity index (χ0) is 22.8. The van der Waals surface area contributed by atoms with Gasteiger partial charge in [0.1, 0.15) is 6.04 Å². The van der Waals surface area contributed by atoms with E-state index in [0.29, 0.717) is 12.3 Å². The summed E-state index contributed by atoms with van der Waals surface area (Å²) >= 11 is 1.61. The van der Waals surface area contributed by atoms with Crippen LogP contribution in [0.5, 0.6) is 0 Å². The molecule has 0 heterocycles. The lowest BCUT2D eigenvalue weighted by Gasteiger charge is -2.31. The number of carbonyl (C=O) groups excluding carboxylic acids is 2. The van der Waals surface area contributed by atoms with Crippen LogP contribution in [0.3, 0.4) is 0 Å². The lowest BCUT2D eigenvalue weighted by atomic mass is 9.95. The second-order valence-corrected chi connectivity index (χ2v) is 9.81. The van der Waals surface area contributed by atoms with Crippen LogP contribution in [-0.4, -0.2) is 41.1 Å². The molecule has 1 saturated carbocycles. The lowest BCUT2D eigenvalue weighted by Crippen LogP contribution is -2.51. The SMILES string of the molecule is Cc1ccc(CSCC(=O)N(CCc2ccccc2)C(C)C(=O)NC2CCCCC2)cc1. The Morgan fingerprint density at radius 1 is 1.00 bits per heavy atom. The summed E-state index contributed by atoms with van der Waals surface area (Å²) < 4.78 is 0. The number of nitrogens with zero attached hydrogens (tertiary/aromatic N) is 1. The third kappa shape index (κ3) is 7.70. The van der Waals surface area contributed by atoms with Gasteiger partial charge in [-0.05, 0) is 44.2 Å². The Kier molecular flexibility index (Phi) is 9.66. The van der Waals surface area contributed by atoms with E-state index in [0.717, 1.165) is 25.0 Å². The summed E-state index contributed by atoms with van der Waals surface area (Å²) in [5, 5.41) is 3.20. The van der Waals surface area contributed by atoms with Gasteiger partial charge in [-0.2, -0.15) is 0 Å². The van der Waals surface area contributed by atoms with Crippen molar-refractivity contribution < 1.29 is 9.59 Å². The van der Waals surface area contributed by atoms with E-state index in [1.807, 2.05) is 25.1 Å². The predicted molar refractivity (Wildman–Crippen MR) is 134 cm³/mol. The molecule has 172 valence electrons. The summed E-state index contributed by atoms with van der Waals surface area (Å²) in [5.41, 5.74) is 3.63. The van der Waals surface area contributed by atoms with Gasteiger partial charge in [-0.15, -0.1) is 11.8 Å². The van der Waals surface area contributed by atoms with E-state index in [1.165, 1.54) is 36.0 Å². The Labute approximate surface area is 197 Å². The summed E-state index contributed by atoms with van der Waals surface area (Å²) in [5.74, 6) is 1.18. The Balaban J connectivity index is 1.59. The highest BCUT2D eigenvalue weighted by Gasteiger charge is 2.27. The second-order valence-electron chi connectivity index (χ2n) is 8.82. The first-order valence-electron chi connectivity index (χ1n) is 11.8. The summed E-state index contributed by atoms with van der Waals surface area (Å²) in [6.07, 6.45) is 6.43. The Bertz CT molecular complexity index is 848. The molecule has 1 N–H and O–H groups in total. The fourth-order valence-electron chi connectivity index (χ4n) is 4.16. The van der Waals surface area contributed by atoms with Gasteiger partial charge in [-0.3, -0.25) is 9.59 Å². The van der Waals surface area contributed by atoms with E-state index < -0.39 is 6.04 Å². The molecule has 1 unspecified atom stereocenters. The zero-order valence-electron chi connectivity index (χ0n) is 19.4. The molecule has 32 heavy (non-hydrogen) atoms. The van der Waals surface area contributed by atoms with Gasteiger partial charge in [0.2, 0.25) is 11.8 Å². The molecule has 0 aliphatic heterocycles. The van der Waals surface area contributed by atoms with Crippen LogP contribution in [0.2, 0.25) is 0 Å². The van der Waals surface area contributed by atoms with E-state index in [4.69, 9.17) is 0 Å². The highest BCUT2D eigenvalue weighted by Crippen LogP contribution is 2.19. The van der Waals surface area contributed by atoms with Crippen molar-refractivity contribution >= 4 is 23.6 Å². The smallest absolute Gasteiger partial charge is 0.242 e. The van der Waals surface area contributed by atoms with Gasteiger partial charge in [-0.1, -0.05) is 79.4 Å². The van der Waals surface area contributed by atoms with Crippen LogP contribution in [0.1, 0.15) is 55.7 Å². The summed E-state index contributed by atoms with van der Waals surface area (Å²) in [4.78, 5) is 27.9. The van der Waals surface area contributed by atoms with Gasteiger partial charge in [0.15, 0.2) is 0 Å². The van der Waals surface area contributed by atoms with Crippen LogP contribution >= 0.6 is 11.8 Å². The van der Waals surface area contributed by atoms with E-state index in [1.54, 1.807) is 16.7 Å². The van der Waals surface area contributed by atoms with Crippen molar-refractivity contribution in [2.24, 2.45) is 0 Å². The van der Waals surface area contributed by atoms with Crippen molar-refractivity contribution in [1.29, 1.82) is 0 Å². The standard InChI is InChI=1S/C27H36N2O2S/c1-21-13-15-24(16-14-21)19-32-20-26(30)29(18-17-23-9-5-3-6-10-23)22(2)27(31)28-25-11-7-4-8-12-25/h3,5-6,9-10,13-16,22,25H,4,7-8,11-12,17-20H2,1-2H3,(H,28,31). The van der Waals surface area contributed by atoms with Crippen molar-refractivity contribution in [3.8, 4) is 0 Å². The molecule has 1 fully saturated rings. The third-order valence-electron chi connectivity index (χ3n) is 6.22. The fraction of sp³-hybridized carbons (Fsp3) is 0.481. The molecule has 5 heteroatoms. The average molecular weight is 453 g/mol. The number of hydrogen-bond acceptors (Lipinski definition) is 3. The molecule has 1 aliphatic carbocycles. The zero-order valence-corrected chi connectivity index (χ0v) is 20.2. The van der Waals surface area contributed by atoms with E-state index in [9.17, 15) is 9.59 Å². The number of nitrogens with one attached hydrogen (secondary N) is 1. The average Bonchev–Trinajstić information content (AvgIpc) is 2.81. The number of thioether (sulfide) groups is 1. The number of rotatable bonds is 10. The van der Waals surface area contributed by atoms with E-state index in [-0.39, 0.29) is 17.9 Å². The summed E-state index contributed by atoms with van der Waals surface area (Å²) in [6, 6.07) is 18.4. The van der Waals surface area contributed by atoms with Crippen molar-refractivity contribution in [2.45, 2.75) is 70.2 Å². The molecule has 1 atom stereocenters. The van der Waals surface area contributed by atoms with Gasteiger partial charge in [-0.25, -0.2) is 0 Å². The number of amides is 2. The molecule has 0 saturated heterocycles. The molecular formula is C27H36N2O2S. The van der Waals surface area contributed by atoms with Crippen LogP contribution in [-0.2, 0) is 21.8 Å². The normalized spacial score (nSPS) is 15.2. The molecule has 4 nitrogen and oxygen atoms in total. The van der Waals surface area contributed by atoms with Crippen molar-refractivity contribution in [1.82, 2.24) is 10.2 Å². The molecule has 0 radical (unpaired) electrons. The maximum Gasteiger partial charge on any atom is 0.242 e. The number of aryl methyl sites for hydroxylation is 1. The third-order valence-corrected chi connectivity index (χ3v) is 7.21. The molecule has 3 rings (SSSR count). The van der Waals surface area contributed by atoms with Gasteiger partial charge in [0.25, 0.3) is 0 Å². The van der Waals surface area contributed by atoms with Crippen LogP contribution in [0, 0.1) is 6.92 Å². The molecule has 0 bridgehead atoms. The molecule has 1 aliphatic rings. The minimum Gasteiger partial charge on any atom is -0.352 e. The van der Waals surface area contributed by atoms with Gasteiger partial charge < -0.3 is 10.2 Å². The minimum absolute atomic E-state index is 0.0261. The Hall–Kier alpha value is -2.27. The summed E-state index contributed by atoms with van der Waals surface area (Å²) in [6.45, 7) is 4.49. The monoisotopic (exact) mass is 452 g/mol. The van der Waals surface area contributed by atoms with Crippen molar-refractivity contribution in [2.75, 3.05) is 12.3 Å². The highest BCUT2D eigenvalue weighted by molar-refractivity contribution is 7.99. The van der Waals surface area contributed by atoms with E-state index >= 15 is 0 Å². The van der Waals surface area contributed by atoms with Gasteiger partial charge in [0.05, 0.1) is 5.75 Å². The number of benzene rings is 2. The predicted octanol–water partition coefficient (Wildman–Crippen LogP) is 5.14. The van der Waals surface area contributed by atoms with Crippen LogP contribution in [0.15, 0.2) is 54.6 Å². The largest absolute Gasteiger partial charge is 0.352 e. The second kappa shape index (κ2) is 12.7. The van der Waals surface area contributed by atoms with Crippen molar-refractivity contribution in [3.05, 3.63) is 71.3 Å². The minimum atomic E-state index is -0.465. The van der Waals surface area contributed by atoms with Crippen LogP contribution in [0.4, 0.5) is 0 Å². The molecule has 0 aromatic heterocycles.